The molecule has 3 heterocycles. The lowest BCUT2D eigenvalue weighted by atomic mass is 10.2. The average molecular weight is 340 g/mol. The van der Waals surface area contributed by atoms with Crippen LogP contribution >= 0.6 is 0 Å². The Bertz CT molecular complexity index is 905. The maximum atomic E-state index is 12.1. The molecule has 0 aliphatic carbocycles. The molecule has 25 heavy (non-hydrogen) atoms. The predicted molar refractivity (Wildman–Crippen MR) is 94.5 cm³/mol. The van der Waals surface area contributed by atoms with E-state index in [0.29, 0.717) is 24.7 Å². The van der Waals surface area contributed by atoms with Crippen molar-refractivity contribution >= 4 is 22.8 Å². The van der Waals surface area contributed by atoms with Crippen LogP contribution in [0.3, 0.4) is 0 Å². The fourth-order valence-electron chi connectivity index (χ4n) is 2.55. The zero-order valence-corrected chi connectivity index (χ0v) is 14.4. The highest BCUT2D eigenvalue weighted by atomic mass is 16.5. The number of anilines is 1. The fraction of sp³-hybridized carbons (Fsp3) is 0.294. The molecule has 3 aromatic rings. The molecule has 0 radical (unpaired) electrons. The molecule has 3 rings (SSSR count). The van der Waals surface area contributed by atoms with Gasteiger partial charge in [0.1, 0.15) is 0 Å². The third-order valence-electron chi connectivity index (χ3n) is 3.69. The Kier molecular flexibility index (Phi) is 4.78. The Hall–Kier alpha value is -3.16. The Morgan fingerprint density at radius 2 is 2.20 bits per heavy atom. The van der Waals surface area contributed by atoms with E-state index < -0.39 is 0 Å². The first-order chi connectivity index (χ1) is 12.1. The maximum Gasteiger partial charge on any atom is 0.319 e. The molecule has 0 aliphatic rings. The van der Waals surface area contributed by atoms with E-state index in [4.69, 9.17) is 4.74 Å². The first-order valence-electron chi connectivity index (χ1n) is 7.99. The van der Waals surface area contributed by atoms with Crippen LogP contribution in [-0.4, -0.2) is 32.4 Å². The van der Waals surface area contributed by atoms with E-state index in [1.54, 1.807) is 23.1 Å². The second kappa shape index (κ2) is 7.16. The van der Waals surface area contributed by atoms with Gasteiger partial charge >= 0.3 is 6.03 Å². The van der Waals surface area contributed by atoms with Crippen LogP contribution in [0.1, 0.15) is 18.2 Å². The summed E-state index contributed by atoms with van der Waals surface area (Å²) in [4.78, 5) is 20.7. The van der Waals surface area contributed by atoms with Crippen molar-refractivity contribution in [2.45, 2.75) is 20.4 Å². The van der Waals surface area contributed by atoms with Crippen molar-refractivity contribution in [1.29, 1.82) is 0 Å². The van der Waals surface area contributed by atoms with Gasteiger partial charge in [0.15, 0.2) is 5.65 Å². The lowest BCUT2D eigenvalue weighted by molar-refractivity contribution is 0.251. The van der Waals surface area contributed by atoms with E-state index in [0.717, 1.165) is 22.3 Å². The predicted octanol–water partition coefficient (Wildman–Crippen LogP) is 2.39. The first kappa shape index (κ1) is 16.7. The molecule has 2 N–H and O–H groups in total. The zero-order chi connectivity index (χ0) is 17.8. The average Bonchev–Trinajstić information content (AvgIpc) is 2.88. The van der Waals surface area contributed by atoms with E-state index in [1.807, 2.05) is 33.0 Å². The lowest BCUT2D eigenvalue weighted by Gasteiger charge is -2.10. The Labute approximate surface area is 145 Å². The number of nitrogens with zero attached hydrogens (tertiary/aromatic N) is 4. The number of aryl methyl sites for hydroxylation is 2. The molecule has 3 aromatic heterocycles. The number of fused-ring (bicyclic) bond motifs is 1. The molecule has 0 spiro atoms. The summed E-state index contributed by atoms with van der Waals surface area (Å²) in [5.74, 6) is 0.527. The quantitative estimate of drug-likeness (QED) is 0.744. The van der Waals surface area contributed by atoms with Crippen LogP contribution in [0, 0.1) is 6.92 Å². The normalized spacial score (nSPS) is 10.7. The van der Waals surface area contributed by atoms with Gasteiger partial charge in [-0.3, -0.25) is 4.68 Å². The smallest absolute Gasteiger partial charge is 0.319 e. The van der Waals surface area contributed by atoms with Crippen LogP contribution in [0.4, 0.5) is 10.5 Å². The molecule has 0 aromatic carbocycles. The fourth-order valence-corrected chi connectivity index (χ4v) is 2.55. The number of carbonyl (C=O) groups excluding carboxylic acids is 1. The minimum atomic E-state index is -0.325. The maximum absolute atomic E-state index is 12.1. The van der Waals surface area contributed by atoms with Crippen molar-refractivity contribution in [1.82, 2.24) is 25.1 Å². The van der Waals surface area contributed by atoms with Gasteiger partial charge in [-0.15, -0.1) is 0 Å². The van der Waals surface area contributed by atoms with Crippen LogP contribution in [0.15, 0.2) is 30.6 Å². The minimum Gasteiger partial charge on any atom is -0.478 e. The van der Waals surface area contributed by atoms with Gasteiger partial charge in [0.05, 0.1) is 24.2 Å². The van der Waals surface area contributed by atoms with Gasteiger partial charge in [0.2, 0.25) is 5.88 Å². The van der Waals surface area contributed by atoms with Crippen molar-refractivity contribution in [3.05, 3.63) is 41.9 Å². The zero-order valence-electron chi connectivity index (χ0n) is 14.4. The van der Waals surface area contributed by atoms with Gasteiger partial charge < -0.3 is 15.4 Å². The largest absolute Gasteiger partial charge is 0.478 e. The third-order valence-corrected chi connectivity index (χ3v) is 3.69. The first-order valence-corrected chi connectivity index (χ1v) is 7.99. The monoisotopic (exact) mass is 340 g/mol. The minimum absolute atomic E-state index is 0.316. The molecule has 0 unspecified atom stereocenters. The van der Waals surface area contributed by atoms with E-state index >= 15 is 0 Å². The number of hydrogen-bond acceptors (Lipinski definition) is 5. The number of nitrogens with one attached hydrogen (secondary N) is 2. The number of carbonyl (C=O) groups is 1. The van der Waals surface area contributed by atoms with Gasteiger partial charge in [-0.2, -0.15) is 5.10 Å². The third kappa shape index (κ3) is 3.68. The molecule has 0 saturated carbocycles. The van der Waals surface area contributed by atoms with Crippen molar-refractivity contribution in [2.24, 2.45) is 7.05 Å². The van der Waals surface area contributed by atoms with E-state index in [1.165, 1.54) is 0 Å². The van der Waals surface area contributed by atoms with Crippen LogP contribution in [-0.2, 0) is 13.6 Å². The summed E-state index contributed by atoms with van der Waals surface area (Å²) >= 11 is 0. The van der Waals surface area contributed by atoms with Gasteiger partial charge in [0, 0.05) is 30.7 Å². The number of aromatic nitrogens is 4. The van der Waals surface area contributed by atoms with Crippen LogP contribution < -0.4 is 15.4 Å². The molecule has 0 atom stereocenters. The summed E-state index contributed by atoms with van der Waals surface area (Å²) < 4.78 is 7.16. The number of rotatable bonds is 5. The number of amides is 2. The molecule has 8 heteroatoms. The summed E-state index contributed by atoms with van der Waals surface area (Å²) in [5, 5.41) is 10.8. The highest BCUT2D eigenvalue weighted by molar-refractivity contribution is 5.92. The highest BCUT2D eigenvalue weighted by Crippen LogP contribution is 2.19. The van der Waals surface area contributed by atoms with Gasteiger partial charge in [-0.1, -0.05) is 6.07 Å². The summed E-state index contributed by atoms with van der Waals surface area (Å²) in [6.45, 7) is 4.64. The van der Waals surface area contributed by atoms with Crippen LogP contribution in [0.2, 0.25) is 0 Å². The second-order valence-electron chi connectivity index (χ2n) is 5.51. The summed E-state index contributed by atoms with van der Waals surface area (Å²) in [6, 6.07) is 5.21. The van der Waals surface area contributed by atoms with Crippen LogP contribution in [0.5, 0.6) is 5.88 Å². The van der Waals surface area contributed by atoms with E-state index in [9.17, 15) is 4.79 Å². The van der Waals surface area contributed by atoms with Gasteiger partial charge in [-0.05, 0) is 26.0 Å². The molecule has 0 aliphatic heterocycles. The molecule has 0 bridgehead atoms. The SMILES string of the molecule is CCOc1ncccc1CNC(=O)Nc1cnc2c(c1)c(C)nn2C. The van der Waals surface area contributed by atoms with Crippen molar-refractivity contribution in [2.75, 3.05) is 11.9 Å². The highest BCUT2D eigenvalue weighted by Gasteiger charge is 2.10. The number of hydrogen-bond donors (Lipinski definition) is 2. The number of pyridine rings is 2. The van der Waals surface area contributed by atoms with E-state index in [-0.39, 0.29) is 6.03 Å². The second-order valence-corrected chi connectivity index (χ2v) is 5.51. The Balaban J connectivity index is 1.66. The topological polar surface area (TPSA) is 94.0 Å². The molecule has 0 fully saturated rings. The standard InChI is InChI=1S/C17H20N6O2/c1-4-25-16-12(6-5-7-18-16)9-20-17(24)21-13-8-14-11(2)22-23(3)15(14)19-10-13/h5-8,10H,4,9H2,1-3H3,(H2,20,21,24). The summed E-state index contributed by atoms with van der Waals surface area (Å²) in [6.07, 6.45) is 3.27. The van der Waals surface area contributed by atoms with Gasteiger partial charge in [0.25, 0.3) is 0 Å². The Morgan fingerprint density at radius 3 is 3.00 bits per heavy atom. The Morgan fingerprint density at radius 1 is 1.36 bits per heavy atom. The number of urea groups is 1. The molecular weight excluding hydrogens is 320 g/mol. The van der Waals surface area contributed by atoms with E-state index in [2.05, 4.69) is 25.7 Å². The van der Waals surface area contributed by atoms with Crippen LogP contribution in [0.25, 0.3) is 11.0 Å². The van der Waals surface area contributed by atoms with Crippen molar-refractivity contribution in [3.8, 4) is 5.88 Å². The molecule has 0 saturated heterocycles. The molecule has 8 nitrogen and oxygen atoms in total. The molecular formula is C17H20N6O2. The number of ether oxygens (including phenoxy) is 1. The lowest BCUT2D eigenvalue weighted by Crippen LogP contribution is -2.28. The summed E-state index contributed by atoms with van der Waals surface area (Å²) in [7, 11) is 1.84. The van der Waals surface area contributed by atoms with Crippen molar-refractivity contribution in [3.63, 3.8) is 0 Å². The molecule has 2 amide bonds. The van der Waals surface area contributed by atoms with Gasteiger partial charge in [-0.25, -0.2) is 14.8 Å². The molecule has 130 valence electrons. The summed E-state index contributed by atoms with van der Waals surface area (Å²) in [5.41, 5.74) is 3.07. The van der Waals surface area contributed by atoms with Crippen molar-refractivity contribution < 1.29 is 9.53 Å².